The highest BCUT2D eigenvalue weighted by Crippen LogP contribution is 2.47. The second-order valence-electron chi connectivity index (χ2n) is 8.77. The number of hydrogen-bond acceptors (Lipinski definition) is 4. The van der Waals surface area contributed by atoms with Crippen LogP contribution in [0.4, 0.5) is 10.2 Å². The van der Waals surface area contributed by atoms with Crippen LogP contribution in [0.25, 0.3) is 0 Å². The van der Waals surface area contributed by atoms with E-state index in [4.69, 9.17) is 4.99 Å². The van der Waals surface area contributed by atoms with Crippen LogP contribution in [0.15, 0.2) is 64.9 Å². The van der Waals surface area contributed by atoms with E-state index in [0.29, 0.717) is 29.9 Å². The van der Waals surface area contributed by atoms with Crippen molar-refractivity contribution < 1.29 is 14.0 Å². The maximum Gasteiger partial charge on any atom is 0.235 e. The van der Waals surface area contributed by atoms with Crippen molar-refractivity contribution in [2.24, 2.45) is 16.3 Å². The lowest BCUT2D eigenvalue weighted by Crippen LogP contribution is -2.41. The van der Waals surface area contributed by atoms with Crippen molar-refractivity contribution in [3.05, 3.63) is 71.3 Å². The van der Waals surface area contributed by atoms with Gasteiger partial charge in [-0.25, -0.2) is 9.37 Å². The number of pyridine rings is 1. The van der Waals surface area contributed by atoms with E-state index in [1.807, 2.05) is 20.8 Å². The Morgan fingerprint density at radius 2 is 1.87 bits per heavy atom. The summed E-state index contributed by atoms with van der Waals surface area (Å²) in [6.07, 6.45) is 2.66. The summed E-state index contributed by atoms with van der Waals surface area (Å²) in [4.78, 5) is 35.4. The van der Waals surface area contributed by atoms with E-state index in [-0.39, 0.29) is 22.9 Å². The smallest absolute Gasteiger partial charge is 0.235 e. The van der Waals surface area contributed by atoms with E-state index in [2.05, 4.69) is 10.3 Å². The lowest BCUT2D eigenvalue weighted by molar-refractivity contribution is -0.119. The third-order valence-electron chi connectivity index (χ3n) is 5.73. The predicted molar refractivity (Wildman–Crippen MR) is 114 cm³/mol. The Bertz CT molecular complexity index is 1060. The largest absolute Gasteiger partial charge is 0.310 e. The Kier molecular flexibility index (Phi) is 5.10. The number of carbonyl (C=O) groups is 2. The van der Waals surface area contributed by atoms with E-state index in [9.17, 15) is 14.0 Å². The summed E-state index contributed by atoms with van der Waals surface area (Å²) in [7, 11) is 0. The molecule has 0 radical (unpaired) electrons. The van der Waals surface area contributed by atoms with Gasteiger partial charge in [0.25, 0.3) is 0 Å². The molecule has 5 nitrogen and oxygen atoms in total. The molecule has 2 atom stereocenters. The number of anilines is 1. The van der Waals surface area contributed by atoms with E-state index < -0.39 is 11.8 Å². The molecule has 154 valence electrons. The molecule has 0 bridgehead atoms. The summed E-state index contributed by atoms with van der Waals surface area (Å²) in [5.41, 5.74) is 2.50. The van der Waals surface area contributed by atoms with Crippen molar-refractivity contribution in [2.75, 3.05) is 5.32 Å². The molecule has 1 aromatic heterocycles. The van der Waals surface area contributed by atoms with Gasteiger partial charge in [0.2, 0.25) is 5.91 Å². The second-order valence-corrected chi connectivity index (χ2v) is 8.77. The molecule has 1 N–H and O–H groups in total. The zero-order valence-electron chi connectivity index (χ0n) is 17.3. The van der Waals surface area contributed by atoms with Crippen molar-refractivity contribution in [2.45, 2.75) is 39.5 Å². The summed E-state index contributed by atoms with van der Waals surface area (Å²) in [5, 5.41) is 2.84. The summed E-state index contributed by atoms with van der Waals surface area (Å²) < 4.78 is 13.6. The molecule has 1 aliphatic heterocycles. The first-order valence-electron chi connectivity index (χ1n) is 10.0. The Morgan fingerprint density at radius 1 is 1.13 bits per heavy atom. The number of ketones is 1. The van der Waals surface area contributed by atoms with Crippen LogP contribution in [0.3, 0.4) is 0 Å². The van der Waals surface area contributed by atoms with Crippen molar-refractivity contribution >= 4 is 23.2 Å². The molecule has 30 heavy (non-hydrogen) atoms. The van der Waals surface area contributed by atoms with Crippen LogP contribution in [0.5, 0.6) is 0 Å². The number of Topliss-reactive ketones (excluding diaryl/α,β-unsaturated/α-hetero) is 1. The van der Waals surface area contributed by atoms with Gasteiger partial charge in [-0.1, -0.05) is 32.0 Å². The average molecular weight is 405 g/mol. The first-order chi connectivity index (χ1) is 14.2. The number of hydrogen-bond donors (Lipinski definition) is 1. The molecular formula is C24H24FN3O2. The zero-order chi connectivity index (χ0) is 21.5. The molecule has 0 saturated carbocycles. The Hall–Kier alpha value is -3.15. The van der Waals surface area contributed by atoms with Crippen molar-refractivity contribution in [3.8, 4) is 0 Å². The number of aromatic nitrogens is 1. The number of halogens is 1. The van der Waals surface area contributed by atoms with Gasteiger partial charge >= 0.3 is 0 Å². The molecule has 6 heteroatoms. The molecule has 1 aliphatic carbocycles. The third kappa shape index (κ3) is 3.82. The minimum Gasteiger partial charge on any atom is -0.310 e. The van der Waals surface area contributed by atoms with Crippen LogP contribution in [0.1, 0.15) is 45.1 Å². The average Bonchev–Trinajstić information content (AvgIpc) is 2.67. The van der Waals surface area contributed by atoms with Gasteiger partial charge in [0.05, 0.1) is 5.92 Å². The molecule has 2 aromatic rings. The van der Waals surface area contributed by atoms with Gasteiger partial charge in [0.15, 0.2) is 5.78 Å². The third-order valence-corrected chi connectivity index (χ3v) is 5.73. The maximum absolute atomic E-state index is 13.6. The molecule has 0 spiro atoms. The summed E-state index contributed by atoms with van der Waals surface area (Å²) in [6, 6.07) is 11.3. The molecule has 4 rings (SSSR count). The molecular weight excluding hydrogens is 381 g/mol. The Balaban J connectivity index is 1.80. The Labute approximate surface area is 175 Å². The fourth-order valence-electron chi connectivity index (χ4n) is 4.46. The molecule has 2 heterocycles. The van der Waals surface area contributed by atoms with E-state index in [1.165, 1.54) is 12.1 Å². The number of allylic oxidation sites excluding steroid dienone is 2. The lowest BCUT2D eigenvalue weighted by Gasteiger charge is -2.39. The quantitative estimate of drug-likeness (QED) is 0.806. The van der Waals surface area contributed by atoms with Crippen molar-refractivity contribution in [3.63, 3.8) is 0 Å². The van der Waals surface area contributed by atoms with Crippen LogP contribution >= 0.6 is 0 Å². The lowest BCUT2D eigenvalue weighted by atomic mass is 9.66. The van der Waals surface area contributed by atoms with Gasteiger partial charge in [-0.3, -0.25) is 14.6 Å². The minimum absolute atomic E-state index is 0.00228. The minimum atomic E-state index is -0.679. The highest BCUT2D eigenvalue weighted by molar-refractivity contribution is 6.13. The zero-order valence-corrected chi connectivity index (χ0v) is 17.3. The fraction of sp³-hybridized carbons (Fsp3) is 0.333. The van der Waals surface area contributed by atoms with Crippen molar-refractivity contribution in [1.29, 1.82) is 0 Å². The standard InChI is InChI=1S/C24H24FN3O2/c1-14-20(23(30)28-19-6-4-5-11-26-19)21(15-7-9-16(25)10-8-15)22-17(27-14)12-24(2,3)13-18(22)29/h4-11,20-21H,12-13H2,1-3H3,(H,26,28,30)/t20?,21-/m1/s1. The number of nitrogens with one attached hydrogen (secondary N) is 1. The summed E-state index contributed by atoms with van der Waals surface area (Å²) in [6.45, 7) is 5.91. The highest BCUT2D eigenvalue weighted by atomic mass is 19.1. The molecule has 1 amide bonds. The van der Waals surface area contributed by atoms with Gasteiger partial charge in [-0.15, -0.1) is 0 Å². The second kappa shape index (κ2) is 7.59. The fourth-order valence-corrected chi connectivity index (χ4v) is 4.46. The summed E-state index contributed by atoms with van der Waals surface area (Å²) in [5.74, 6) is -1.40. The van der Waals surface area contributed by atoms with E-state index in [1.54, 1.807) is 36.5 Å². The van der Waals surface area contributed by atoms with Crippen LogP contribution < -0.4 is 5.32 Å². The van der Waals surface area contributed by atoms with Gasteiger partial charge in [-0.2, -0.15) is 0 Å². The number of aliphatic imine (C=N–C) groups is 1. The topological polar surface area (TPSA) is 71.4 Å². The number of nitrogens with zero attached hydrogens (tertiary/aromatic N) is 2. The highest BCUT2D eigenvalue weighted by Gasteiger charge is 2.45. The van der Waals surface area contributed by atoms with Crippen LogP contribution in [0.2, 0.25) is 0 Å². The first-order valence-corrected chi connectivity index (χ1v) is 10.0. The first kappa shape index (κ1) is 20.1. The van der Waals surface area contributed by atoms with Gasteiger partial charge in [-0.05, 0) is 48.6 Å². The number of benzene rings is 1. The molecule has 1 aromatic carbocycles. The van der Waals surface area contributed by atoms with E-state index >= 15 is 0 Å². The Morgan fingerprint density at radius 3 is 2.53 bits per heavy atom. The number of rotatable bonds is 3. The SMILES string of the molecule is CC1=NC2=C(C(=O)CC(C)(C)C2)[C@H](c2ccc(F)cc2)C1C(=O)Nc1ccccn1. The normalized spacial score (nSPS) is 22.9. The van der Waals surface area contributed by atoms with Crippen LogP contribution in [0, 0.1) is 17.2 Å². The molecule has 0 fully saturated rings. The number of amides is 1. The predicted octanol–water partition coefficient (Wildman–Crippen LogP) is 4.68. The van der Waals surface area contributed by atoms with Crippen LogP contribution in [-0.2, 0) is 9.59 Å². The van der Waals surface area contributed by atoms with Crippen molar-refractivity contribution in [1.82, 2.24) is 4.98 Å². The molecule has 0 saturated heterocycles. The summed E-state index contributed by atoms with van der Waals surface area (Å²) >= 11 is 0. The molecule has 1 unspecified atom stereocenters. The monoisotopic (exact) mass is 405 g/mol. The van der Waals surface area contributed by atoms with Gasteiger partial charge in [0.1, 0.15) is 11.6 Å². The van der Waals surface area contributed by atoms with Gasteiger partial charge < -0.3 is 5.32 Å². The maximum atomic E-state index is 13.6. The van der Waals surface area contributed by atoms with Crippen LogP contribution in [-0.4, -0.2) is 22.4 Å². The van der Waals surface area contributed by atoms with E-state index in [0.717, 1.165) is 11.3 Å². The number of carbonyl (C=O) groups excluding carboxylic acids is 2. The molecule has 2 aliphatic rings. The van der Waals surface area contributed by atoms with Gasteiger partial charge in [0, 0.05) is 35.5 Å².